The number of aryl methyl sites for hydroxylation is 1. The standard InChI is InChI=1S/C27H34N4O4/c1-19(2)14-24(32)30-12-9-27(10-13-30)31(26(34)22-8-4-6-20(3)15-22)23(18-35-27)25(33)29-17-21-7-5-11-28-16-21/h4-8,11,15-16,19,23H,9-10,12-14,17-18H2,1-3H3,(H,29,33)/t23-/m1/s1. The largest absolute Gasteiger partial charge is 0.353 e. The molecule has 0 aliphatic carbocycles. The van der Waals surface area contributed by atoms with Crippen LogP contribution in [0, 0.1) is 12.8 Å². The molecule has 1 atom stereocenters. The number of carbonyl (C=O) groups excluding carboxylic acids is 3. The summed E-state index contributed by atoms with van der Waals surface area (Å²) in [6.45, 7) is 7.42. The smallest absolute Gasteiger partial charge is 0.256 e. The van der Waals surface area contributed by atoms with Gasteiger partial charge in [-0.15, -0.1) is 0 Å². The molecule has 186 valence electrons. The first-order valence-corrected chi connectivity index (χ1v) is 12.3. The van der Waals surface area contributed by atoms with Gasteiger partial charge in [-0.25, -0.2) is 0 Å². The molecule has 0 saturated carbocycles. The minimum absolute atomic E-state index is 0.121. The minimum atomic E-state index is -0.911. The van der Waals surface area contributed by atoms with Crippen LogP contribution in [0.25, 0.3) is 0 Å². The molecule has 0 radical (unpaired) electrons. The van der Waals surface area contributed by atoms with Gasteiger partial charge < -0.3 is 15.0 Å². The molecule has 1 aromatic carbocycles. The lowest BCUT2D eigenvalue weighted by Crippen LogP contribution is -2.59. The Kier molecular flexibility index (Phi) is 7.50. The molecular formula is C27H34N4O4. The Balaban J connectivity index is 1.55. The monoisotopic (exact) mass is 478 g/mol. The Morgan fingerprint density at radius 1 is 1.17 bits per heavy atom. The maximum Gasteiger partial charge on any atom is 0.256 e. The van der Waals surface area contributed by atoms with Crippen molar-refractivity contribution >= 4 is 17.7 Å². The molecule has 2 aliphatic heterocycles. The SMILES string of the molecule is Cc1cccc(C(=O)N2[C@@H](C(=O)NCc3cccnc3)COC23CCN(C(=O)CC(C)C)CC3)c1. The van der Waals surface area contributed by atoms with Crippen molar-refractivity contribution in [3.63, 3.8) is 0 Å². The fourth-order valence-corrected chi connectivity index (χ4v) is 4.88. The first-order chi connectivity index (χ1) is 16.8. The Morgan fingerprint density at radius 3 is 2.60 bits per heavy atom. The van der Waals surface area contributed by atoms with Crippen molar-refractivity contribution in [3.05, 3.63) is 65.5 Å². The Bertz CT molecular complexity index is 1060. The molecule has 3 heterocycles. The number of pyridine rings is 1. The molecule has 1 aromatic heterocycles. The van der Waals surface area contributed by atoms with E-state index in [1.54, 1.807) is 23.4 Å². The number of aromatic nitrogens is 1. The average molecular weight is 479 g/mol. The van der Waals surface area contributed by atoms with Gasteiger partial charge in [0.2, 0.25) is 11.8 Å². The van der Waals surface area contributed by atoms with E-state index in [1.807, 2.05) is 56.0 Å². The van der Waals surface area contributed by atoms with E-state index in [1.165, 1.54) is 0 Å². The van der Waals surface area contributed by atoms with Crippen LogP contribution in [-0.2, 0) is 20.9 Å². The summed E-state index contributed by atoms with van der Waals surface area (Å²) in [6.07, 6.45) is 4.83. The van der Waals surface area contributed by atoms with E-state index in [0.717, 1.165) is 11.1 Å². The second-order valence-corrected chi connectivity index (χ2v) is 9.88. The summed E-state index contributed by atoms with van der Waals surface area (Å²) < 4.78 is 6.26. The maximum atomic E-state index is 13.8. The van der Waals surface area contributed by atoms with Crippen LogP contribution in [0.3, 0.4) is 0 Å². The van der Waals surface area contributed by atoms with Gasteiger partial charge in [0.25, 0.3) is 5.91 Å². The molecule has 0 unspecified atom stereocenters. The maximum absolute atomic E-state index is 13.8. The number of benzene rings is 1. The summed E-state index contributed by atoms with van der Waals surface area (Å²) in [6, 6.07) is 10.3. The van der Waals surface area contributed by atoms with E-state index in [4.69, 9.17) is 4.74 Å². The Hall–Kier alpha value is -3.26. The Morgan fingerprint density at radius 2 is 1.94 bits per heavy atom. The second kappa shape index (κ2) is 10.6. The predicted molar refractivity (Wildman–Crippen MR) is 131 cm³/mol. The zero-order valence-electron chi connectivity index (χ0n) is 20.7. The summed E-state index contributed by atoms with van der Waals surface area (Å²) in [7, 11) is 0. The molecule has 2 fully saturated rings. The van der Waals surface area contributed by atoms with Crippen LogP contribution in [0.4, 0.5) is 0 Å². The lowest BCUT2D eigenvalue weighted by atomic mass is 9.95. The fourth-order valence-electron chi connectivity index (χ4n) is 4.88. The van der Waals surface area contributed by atoms with Gasteiger partial charge in [0.05, 0.1) is 6.61 Å². The number of likely N-dealkylation sites (tertiary alicyclic amines) is 1. The van der Waals surface area contributed by atoms with Gasteiger partial charge in [0.1, 0.15) is 11.8 Å². The van der Waals surface area contributed by atoms with Crippen LogP contribution < -0.4 is 5.32 Å². The van der Waals surface area contributed by atoms with Gasteiger partial charge in [0, 0.05) is 56.9 Å². The molecule has 0 bridgehead atoms. The number of carbonyl (C=O) groups is 3. The van der Waals surface area contributed by atoms with Crippen LogP contribution in [0.15, 0.2) is 48.8 Å². The van der Waals surface area contributed by atoms with Gasteiger partial charge in [0.15, 0.2) is 0 Å². The summed E-state index contributed by atoms with van der Waals surface area (Å²) in [5.74, 6) is -0.0803. The normalized spacial score (nSPS) is 19.3. The third-order valence-corrected chi connectivity index (χ3v) is 6.72. The number of rotatable bonds is 6. The van der Waals surface area contributed by atoms with Crippen molar-refractivity contribution < 1.29 is 19.1 Å². The summed E-state index contributed by atoms with van der Waals surface area (Å²) in [4.78, 5) is 47.3. The van der Waals surface area contributed by atoms with Crippen molar-refractivity contribution in [1.82, 2.24) is 20.1 Å². The highest BCUT2D eigenvalue weighted by molar-refractivity contribution is 5.98. The van der Waals surface area contributed by atoms with E-state index < -0.39 is 11.8 Å². The zero-order chi connectivity index (χ0) is 25.0. The number of hydrogen-bond acceptors (Lipinski definition) is 5. The third-order valence-electron chi connectivity index (χ3n) is 6.72. The number of ether oxygens (including phenoxy) is 1. The topological polar surface area (TPSA) is 91.8 Å². The third kappa shape index (κ3) is 5.53. The quantitative estimate of drug-likeness (QED) is 0.689. The highest BCUT2D eigenvalue weighted by Crippen LogP contribution is 2.38. The first kappa shape index (κ1) is 24.9. The number of nitrogens with one attached hydrogen (secondary N) is 1. The van der Waals surface area contributed by atoms with Gasteiger partial charge in [-0.2, -0.15) is 0 Å². The zero-order valence-corrected chi connectivity index (χ0v) is 20.7. The molecule has 8 heteroatoms. The summed E-state index contributed by atoms with van der Waals surface area (Å²) in [5, 5.41) is 2.94. The summed E-state index contributed by atoms with van der Waals surface area (Å²) in [5.41, 5.74) is 1.46. The number of piperidine rings is 1. The van der Waals surface area contributed by atoms with Crippen LogP contribution in [0.2, 0.25) is 0 Å². The number of hydrogen-bond donors (Lipinski definition) is 1. The van der Waals surface area contributed by atoms with Crippen LogP contribution in [0.1, 0.15) is 54.6 Å². The first-order valence-electron chi connectivity index (χ1n) is 12.3. The fraction of sp³-hybridized carbons (Fsp3) is 0.481. The van der Waals surface area contributed by atoms with E-state index in [2.05, 4.69) is 10.3 Å². The van der Waals surface area contributed by atoms with E-state index >= 15 is 0 Å². The molecule has 4 rings (SSSR count). The molecular weight excluding hydrogens is 444 g/mol. The lowest BCUT2D eigenvalue weighted by molar-refractivity contribution is -0.144. The number of nitrogens with zero attached hydrogens (tertiary/aromatic N) is 3. The van der Waals surface area contributed by atoms with Crippen LogP contribution >= 0.6 is 0 Å². The van der Waals surface area contributed by atoms with Crippen molar-refractivity contribution in [2.24, 2.45) is 5.92 Å². The molecule has 35 heavy (non-hydrogen) atoms. The highest BCUT2D eigenvalue weighted by Gasteiger charge is 2.54. The van der Waals surface area contributed by atoms with E-state index in [9.17, 15) is 14.4 Å². The van der Waals surface area contributed by atoms with Gasteiger partial charge in [-0.05, 0) is 36.6 Å². The second-order valence-electron chi connectivity index (χ2n) is 9.88. The number of amides is 3. The van der Waals surface area contributed by atoms with Crippen LogP contribution in [0.5, 0.6) is 0 Å². The molecule has 1 N–H and O–H groups in total. The van der Waals surface area contributed by atoms with Gasteiger partial charge in [-0.3, -0.25) is 24.3 Å². The van der Waals surface area contributed by atoms with Crippen molar-refractivity contribution in [3.8, 4) is 0 Å². The molecule has 1 spiro atoms. The molecule has 8 nitrogen and oxygen atoms in total. The van der Waals surface area contributed by atoms with Crippen molar-refractivity contribution in [2.45, 2.75) is 58.3 Å². The lowest BCUT2D eigenvalue weighted by Gasteiger charge is -2.44. The molecule has 3 amide bonds. The van der Waals surface area contributed by atoms with E-state index in [-0.39, 0.29) is 30.2 Å². The molecule has 2 aliphatic rings. The highest BCUT2D eigenvalue weighted by atomic mass is 16.5. The molecule has 2 aromatic rings. The van der Waals surface area contributed by atoms with Gasteiger partial charge >= 0.3 is 0 Å². The summed E-state index contributed by atoms with van der Waals surface area (Å²) >= 11 is 0. The van der Waals surface area contributed by atoms with Crippen LogP contribution in [-0.4, -0.2) is 64.0 Å². The minimum Gasteiger partial charge on any atom is -0.353 e. The average Bonchev–Trinajstić information content (AvgIpc) is 3.21. The predicted octanol–water partition coefficient (Wildman–Crippen LogP) is 2.91. The van der Waals surface area contributed by atoms with Crippen molar-refractivity contribution in [1.29, 1.82) is 0 Å². The van der Waals surface area contributed by atoms with Gasteiger partial charge in [-0.1, -0.05) is 37.6 Å². The van der Waals surface area contributed by atoms with E-state index in [0.29, 0.717) is 44.5 Å². The Labute approximate surface area is 206 Å². The molecule has 2 saturated heterocycles. The van der Waals surface area contributed by atoms with Crippen molar-refractivity contribution in [2.75, 3.05) is 19.7 Å².